The summed E-state index contributed by atoms with van der Waals surface area (Å²) in [6.07, 6.45) is 2.38. The number of nitrogens with one attached hydrogen (secondary N) is 2. The van der Waals surface area contributed by atoms with Crippen molar-refractivity contribution in [3.63, 3.8) is 0 Å². The number of aromatic nitrogens is 3. The van der Waals surface area contributed by atoms with Crippen LogP contribution in [0.4, 0.5) is 0 Å². The van der Waals surface area contributed by atoms with Gasteiger partial charge in [-0.15, -0.1) is 0 Å². The second kappa shape index (κ2) is 5.77. The van der Waals surface area contributed by atoms with Crippen molar-refractivity contribution in [1.29, 1.82) is 0 Å². The molecule has 0 unspecified atom stereocenters. The van der Waals surface area contributed by atoms with E-state index >= 15 is 0 Å². The van der Waals surface area contributed by atoms with Crippen molar-refractivity contribution in [2.75, 3.05) is 0 Å². The molecule has 0 aliphatic rings. The van der Waals surface area contributed by atoms with E-state index in [0.29, 0.717) is 18.7 Å². The summed E-state index contributed by atoms with van der Waals surface area (Å²) in [5.41, 5.74) is 3.27. The molecule has 5 heteroatoms. The molecule has 3 N–H and O–H groups in total. The maximum atomic E-state index is 12.2. The molecule has 0 saturated heterocycles. The van der Waals surface area contributed by atoms with E-state index in [2.05, 4.69) is 9.97 Å². The minimum atomic E-state index is -0.300. The van der Waals surface area contributed by atoms with Gasteiger partial charge in [0.15, 0.2) is 0 Å². The first kappa shape index (κ1) is 14.4. The van der Waals surface area contributed by atoms with Crippen molar-refractivity contribution in [1.82, 2.24) is 14.5 Å². The Morgan fingerprint density at radius 3 is 2.58 bits per heavy atom. The molecule has 0 radical (unpaired) electrons. The number of imidazole rings is 1. The molecule has 0 atom stereocenters. The lowest BCUT2D eigenvalue weighted by molar-refractivity contribution is 0.417. The molecular weight excluding hydrogens is 302 g/mol. The minimum absolute atomic E-state index is 0.00543. The molecule has 0 bridgehead atoms. The average molecular weight is 319 g/mol. The smallest absolute Gasteiger partial charge is 0.328 e. The van der Waals surface area contributed by atoms with Crippen LogP contribution in [-0.2, 0) is 13.0 Å². The Labute approximate surface area is 138 Å². The van der Waals surface area contributed by atoms with E-state index in [-0.39, 0.29) is 11.6 Å². The second-order valence-electron chi connectivity index (χ2n) is 5.84. The van der Waals surface area contributed by atoms with Crippen LogP contribution in [0.25, 0.3) is 10.9 Å². The van der Waals surface area contributed by atoms with Gasteiger partial charge < -0.3 is 15.1 Å². The van der Waals surface area contributed by atoms with Gasteiger partial charge >= 0.3 is 5.69 Å². The molecule has 0 saturated carbocycles. The standard InChI is InChI=1S/C19H17N3O2/c23-18-17(10-14-11-20-16-9-5-4-8-15(14)16)21-19(24)22(18)12-13-6-2-1-3-7-13/h1-9,11,20,23H,10,12H2,(H,21,24). The van der Waals surface area contributed by atoms with Gasteiger partial charge in [-0.3, -0.25) is 4.57 Å². The maximum absolute atomic E-state index is 12.2. The molecule has 0 amide bonds. The van der Waals surface area contributed by atoms with Crippen LogP contribution in [0.3, 0.4) is 0 Å². The molecule has 120 valence electrons. The number of nitrogens with zero attached hydrogens (tertiary/aromatic N) is 1. The Bertz CT molecular complexity index is 1040. The lowest BCUT2D eigenvalue weighted by atomic mass is 10.1. The molecule has 4 rings (SSSR count). The predicted molar refractivity (Wildman–Crippen MR) is 93.4 cm³/mol. The summed E-state index contributed by atoms with van der Waals surface area (Å²) in [7, 11) is 0. The number of hydrogen-bond donors (Lipinski definition) is 3. The van der Waals surface area contributed by atoms with Crippen molar-refractivity contribution in [2.45, 2.75) is 13.0 Å². The van der Waals surface area contributed by atoms with Crippen LogP contribution in [0.15, 0.2) is 65.6 Å². The first-order valence-electron chi connectivity index (χ1n) is 7.82. The molecule has 2 aromatic heterocycles. The zero-order chi connectivity index (χ0) is 16.5. The molecular formula is C19H17N3O2. The number of aromatic hydroxyl groups is 1. The largest absolute Gasteiger partial charge is 0.493 e. The van der Waals surface area contributed by atoms with E-state index in [4.69, 9.17) is 0 Å². The molecule has 5 nitrogen and oxygen atoms in total. The Balaban J connectivity index is 1.67. The lowest BCUT2D eigenvalue weighted by Gasteiger charge is -2.04. The van der Waals surface area contributed by atoms with E-state index in [1.54, 1.807) is 0 Å². The van der Waals surface area contributed by atoms with Crippen molar-refractivity contribution >= 4 is 10.9 Å². The van der Waals surface area contributed by atoms with Crippen LogP contribution < -0.4 is 5.69 Å². The van der Waals surface area contributed by atoms with Gasteiger partial charge in [0.05, 0.1) is 12.2 Å². The highest BCUT2D eigenvalue weighted by Crippen LogP contribution is 2.23. The summed E-state index contributed by atoms with van der Waals surface area (Å²) < 4.78 is 1.36. The Hall–Kier alpha value is -3.21. The van der Waals surface area contributed by atoms with E-state index in [1.165, 1.54) is 4.57 Å². The number of benzene rings is 2. The minimum Gasteiger partial charge on any atom is -0.493 e. The third-order valence-corrected chi connectivity index (χ3v) is 4.25. The van der Waals surface area contributed by atoms with E-state index in [0.717, 1.165) is 22.0 Å². The summed E-state index contributed by atoms with van der Waals surface area (Å²) in [4.78, 5) is 18.2. The van der Waals surface area contributed by atoms with Gasteiger partial charge in [-0.2, -0.15) is 0 Å². The average Bonchev–Trinajstić information content (AvgIpc) is 3.13. The van der Waals surface area contributed by atoms with Gasteiger partial charge in [0, 0.05) is 23.5 Å². The van der Waals surface area contributed by atoms with E-state index in [9.17, 15) is 9.90 Å². The van der Waals surface area contributed by atoms with Crippen LogP contribution in [0.5, 0.6) is 5.88 Å². The molecule has 4 aromatic rings. The third kappa shape index (κ3) is 2.50. The first-order valence-corrected chi connectivity index (χ1v) is 7.82. The normalized spacial score (nSPS) is 11.2. The Morgan fingerprint density at radius 1 is 1.00 bits per heavy atom. The van der Waals surface area contributed by atoms with Crippen LogP contribution in [0.1, 0.15) is 16.8 Å². The first-order chi connectivity index (χ1) is 11.7. The number of H-pyrrole nitrogens is 2. The summed E-state index contributed by atoms with van der Waals surface area (Å²) in [6.45, 7) is 0.343. The molecule has 0 fully saturated rings. The highest BCUT2D eigenvalue weighted by molar-refractivity contribution is 5.83. The monoisotopic (exact) mass is 319 g/mol. The summed E-state index contributed by atoms with van der Waals surface area (Å²) >= 11 is 0. The SMILES string of the molecule is O=c1[nH]c(Cc2c[nH]c3ccccc23)c(O)n1Cc1ccccc1. The fraction of sp³-hybridized carbons (Fsp3) is 0.105. The third-order valence-electron chi connectivity index (χ3n) is 4.25. The molecule has 0 aliphatic carbocycles. The number of fused-ring (bicyclic) bond motifs is 1. The van der Waals surface area contributed by atoms with Gasteiger partial charge in [0.2, 0.25) is 5.88 Å². The van der Waals surface area contributed by atoms with Crippen molar-refractivity contribution in [2.24, 2.45) is 0 Å². The zero-order valence-corrected chi connectivity index (χ0v) is 13.0. The Kier molecular flexibility index (Phi) is 3.46. The Morgan fingerprint density at radius 2 is 1.75 bits per heavy atom. The van der Waals surface area contributed by atoms with Gasteiger partial charge in [-0.1, -0.05) is 48.5 Å². The molecule has 2 aromatic carbocycles. The van der Waals surface area contributed by atoms with E-state index in [1.807, 2.05) is 60.8 Å². The fourth-order valence-corrected chi connectivity index (χ4v) is 3.02. The predicted octanol–water partition coefficient (Wildman–Crippen LogP) is 3.00. The van der Waals surface area contributed by atoms with Gasteiger partial charge in [-0.25, -0.2) is 4.79 Å². The lowest BCUT2D eigenvalue weighted by Crippen LogP contribution is -2.17. The summed E-state index contributed by atoms with van der Waals surface area (Å²) in [6, 6.07) is 17.6. The number of hydrogen-bond acceptors (Lipinski definition) is 2. The summed E-state index contributed by atoms with van der Waals surface area (Å²) in [5.74, 6) is -0.00543. The van der Waals surface area contributed by atoms with Crippen molar-refractivity contribution in [3.05, 3.63) is 88.1 Å². The van der Waals surface area contributed by atoms with Crippen LogP contribution >= 0.6 is 0 Å². The number of para-hydroxylation sites is 1. The highest BCUT2D eigenvalue weighted by Gasteiger charge is 2.15. The van der Waals surface area contributed by atoms with Crippen molar-refractivity contribution in [3.8, 4) is 5.88 Å². The quantitative estimate of drug-likeness (QED) is 0.541. The zero-order valence-electron chi connectivity index (χ0n) is 13.0. The van der Waals surface area contributed by atoms with Gasteiger partial charge in [-0.05, 0) is 17.2 Å². The topological polar surface area (TPSA) is 73.8 Å². The maximum Gasteiger partial charge on any atom is 0.328 e. The van der Waals surface area contributed by atoms with Crippen LogP contribution in [0.2, 0.25) is 0 Å². The van der Waals surface area contributed by atoms with Crippen LogP contribution in [-0.4, -0.2) is 19.6 Å². The fourth-order valence-electron chi connectivity index (χ4n) is 3.02. The number of aromatic amines is 2. The number of rotatable bonds is 4. The van der Waals surface area contributed by atoms with Gasteiger partial charge in [0.1, 0.15) is 0 Å². The molecule has 0 spiro atoms. The highest BCUT2D eigenvalue weighted by atomic mass is 16.3. The second-order valence-corrected chi connectivity index (χ2v) is 5.84. The van der Waals surface area contributed by atoms with Crippen LogP contribution in [0, 0.1) is 0 Å². The molecule has 0 aliphatic heterocycles. The van der Waals surface area contributed by atoms with E-state index < -0.39 is 0 Å². The summed E-state index contributed by atoms with van der Waals surface area (Å²) in [5, 5.41) is 11.6. The van der Waals surface area contributed by atoms with Crippen molar-refractivity contribution < 1.29 is 5.11 Å². The molecule has 24 heavy (non-hydrogen) atoms. The van der Waals surface area contributed by atoms with Gasteiger partial charge in [0.25, 0.3) is 0 Å². The molecule has 2 heterocycles.